The van der Waals surface area contributed by atoms with Crippen LogP contribution >= 0.6 is 0 Å². The molecule has 3 N–H and O–H groups in total. The van der Waals surface area contributed by atoms with Gasteiger partial charge in [0.25, 0.3) is 0 Å². The molecule has 2 aromatic carbocycles. The maximum absolute atomic E-state index is 12.7. The van der Waals surface area contributed by atoms with Gasteiger partial charge in [0, 0.05) is 30.2 Å². The van der Waals surface area contributed by atoms with E-state index in [2.05, 4.69) is 9.88 Å². The average Bonchev–Trinajstić information content (AvgIpc) is 3.05. The molecule has 0 radical (unpaired) electrons. The van der Waals surface area contributed by atoms with Crippen molar-refractivity contribution in [3.05, 3.63) is 59.8 Å². The Bertz CT molecular complexity index is 1110. The molecular formula is C23H22F3N3O2. The second kappa shape index (κ2) is 7.21. The van der Waals surface area contributed by atoms with E-state index in [-0.39, 0.29) is 23.8 Å². The number of nitrogens with two attached hydrogens (primary N) is 1. The molecule has 0 unspecified atom stereocenters. The molecule has 5 nitrogen and oxygen atoms in total. The molecule has 1 saturated heterocycles. The quantitative estimate of drug-likeness (QED) is 0.630. The molecule has 1 saturated carbocycles. The first-order chi connectivity index (χ1) is 14.8. The first-order valence-corrected chi connectivity index (χ1v) is 10.3. The lowest BCUT2D eigenvalue weighted by molar-refractivity contribution is -0.137. The molecule has 0 spiro atoms. The summed E-state index contributed by atoms with van der Waals surface area (Å²) in [5.41, 5.74) is 7.67. The highest BCUT2D eigenvalue weighted by atomic mass is 19.4. The number of aromatic nitrogens is 1. The van der Waals surface area contributed by atoms with Crippen LogP contribution in [0.1, 0.15) is 29.9 Å². The number of alkyl halides is 3. The first kappa shape index (κ1) is 19.8. The minimum absolute atomic E-state index is 0.0374. The number of amides is 1. The SMILES string of the molecule is NC(=O)C1CN(c2c[nH]c3ccc(OC4CC(c5ccc(C(F)(F)F)cc5)C4)cc23)C1. The highest BCUT2D eigenvalue weighted by Crippen LogP contribution is 2.41. The number of halogens is 3. The van der Waals surface area contributed by atoms with Crippen LogP contribution in [0.4, 0.5) is 18.9 Å². The molecule has 2 fully saturated rings. The normalized spacial score (nSPS) is 21.6. The third kappa shape index (κ3) is 3.71. The molecule has 8 heteroatoms. The smallest absolute Gasteiger partial charge is 0.416 e. The van der Waals surface area contributed by atoms with E-state index in [1.54, 1.807) is 12.1 Å². The zero-order chi connectivity index (χ0) is 21.8. The summed E-state index contributed by atoms with van der Waals surface area (Å²) in [6, 6.07) is 11.3. The Morgan fingerprint density at radius 1 is 1.10 bits per heavy atom. The largest absolute Gasteiger partial charge is 0.490 e. The topological polar surface area (TPSA) is 71.4 Å². The van der Waals surface area contributed by atoms with Crippen LogP contribution in [0.15, 0.2) is 48.7 Å². The van der Waals surface area contributed by atoms with Crippen molar-refractivity contribution in [2.75, 3.05) is 18.0 Å². The van der Waals surface area contributed by atoms with E-state index >= 15 is 0 Å². The Morgan fingerprint density at radius 3 is 2.45 bits per heavy atom. The molecule has 5 rings (SSSR count). The van der Waals surface area contributed by atoms with Crippen LogP contribution in [0.5, 0.6) is 5.75 Å². The van der Waals surface area contributed by atoms with Gasteiger partial charge >= 0.3 is 6.18 Å². The predicted octanol–water partition coefficient (Wildman–Crippen LogP) is 4.43. The molecule has 1 aliphatic carbocycles. The molecule has 31 heavy (non-hydrogen) atoms. The highest BCUT2D eigenvalue weighted by molar-refractivity contribution is 5.95. The van der Waals surface area contributed by atoms with Crippen LogP contribution in [0.3, 0.4) is 0 Å². The van der Waals surface area contributed by atoms with Gasteiger partial charge < -0.3 is 20.4 Å². The van der Waals surface area contributed by atoms with Crippen molar-refractivity contribution >= 4 is 22.5 Å². The minimum atomic E-state index is -4.31. The third-order valence-electron chi connectivity index (χ3n) is 6.36. The monoisotopic (exact) mass is 429 g/mol. The van der Waals surface area contributed by atoms with E-state index in [1.165, 1.54) is 0 Å². The lowest BCUT2D eigenvalue weighted by Gasteiger charge is -2.39. The molecule has 162 valence electrons. The number of hydrogen-bond acceptors (Lipinski definition) is 3. The van der Waals surface area contributed by atoms with Gasteiger partial charge in [0.15, 0.2) is 0 Å². The summed E-state index contributed by atoms with van der Waals surface area (Å²) in [5, 5.41) is 1.03. The zero-order valence-corrected chi connectivity index (χ0v) is 16.7. The second-order valence-corrected chi connectivity index (χ2v) is 8.41. The number of aromatic amines is 1. The van der Waals surface area contributed by atoms with Crippen molar-refractivity contribution < 1.29 is 22.7 Å². The van der Waals surface area contributed by atoms with Crippen LogP contribution in [0, 0.1) is 5.92 Å². The van der Waals surface area contributed by atoms with Gasteiger partial charge in [0.05, 0.1) is 23.3 Å². The molecule has 0 atom stereocenters. The zero-order valence-electron chi connectivity index (χ0n) is 16.7. The third-order valence-corrected chi connectivity index (χ3v) is 6.36. The lowest BCUT2D eigenvalue weighted by Crippen LogP contribution is -2.52. The minimum Gasteiger partial charge on any atom is -0.490 e. The molecule has 1 aliphatic heterocycles. The Kier molecular flexibility index (Phi) is 4.60. The van der Waals surface area contributed by atoms with Crippen LogP contribution in [-0.2, 0) is 11.0 Å². The summed E-state index contributed by atoms with van der Waals surface area (Å²) in [4.78, 5) is 16.6. The second-order valence-electron chi connectivity index (χ2n) is 8.41. The average molecular weight is 429 g/mol. The van der Waals surface area contributed by atoms with Gasteiger partial charge in [-0.05, 0) is 54.7 Å². The van der Waals surface area contributed by atoms with Gasteiger partial charge in [-0.15, -0.1) is 0 Å². The number of hydrogen-bond donors (Lipinski definition) is 2. The van der Waals surface area contributed by atoms with Crippen molar-refractivity contribution in [3.63, 3.8) is 0 Å². The molecule has 0 bridgehead atoms. The molecule has 1 amide bonds. The van der Waals surface area contributed by atoms with Crippen molar-refractivity contribution in [1.82, 2.24) is 4.98 Å². The Labute approximate surface area is 177 Å². The molecule has 2 heterocycles. The van der Waals surface area contributed by atoms with Crippen LogP contribution in [0.25, 0.3) is 10.9 Å². The standard InChI is InChI=1S/C23H22F3N3O2/c24-23(25,26)16-3-1-13(2-4-16)14-7-18(8-14)31-17-5-6-20-19(9-17)21(10-28-20)29-11-15(12-29)22(27)30/h1-6,9-10,14-15,18,28H,7-8,11-12H2,(H2,27,30). The van der Waals surface area contributed by atoms with Crippen LogP contribution in [-0.4, -0.2) is 30.1 Å². The predicted molar refractivity (Wildman–Crippen MR) is 111 cm³/mol. The maximum Gasteiger partial charge on any atom is 0.416 e. The number of nitrogens with zero attached hydrogens (tertiary/aromatic N) is 1. The van der Waals surface area contributed by atoms with Gasteiger partial charge in [-0.2, -0.15) is 13.2 Å². The van der Waals surface area contributed by atoms with Gasteiger partial charge in [-0.1, -0.05) is 12.1 Å². The van der Waals surface area contributed by atoms with E-state index in [4.69, 9.17) is 10.5 Å². The number of benzene rings is 2. The van der Waals surface area contributed by atoms with E-state index in [0.717, 1.165) is 52.9 Å². The van der Waals surface area contributed by atoms with E-state index in [1.807, 2.05) is 24.4 Å². The number of primary amides is 1. The summed E-state index contributed by atoms with van der Waals surface area (Å²) in [6.07, 6.45) is -0.798. The highest BCUT2D eigenvalue weighted by Gasteiger charge is 2.35. The van der Waals surface area contributed by atoms with E-state index in [9.17, 15) is 18.0 Å². The van der Waals surface area contributed by atoms with Gasteiger partial charge in [0.2, 0.25) is 5.91 Å². The van der Waals surface area contributed by atoms with Crippen LogP contribution < -0.4 is 15.4 Å². The number of H-pyrrole nitrogens is 1. The Balaban J connectivity index is 1.22. The van der Waals surface area contributed by atoms with Crippen molar-refractivity contribution in [2.45, 2.75) is 31.0 Å². The van der Waals surface area contributed by atoms with Crippen molar-refractivity contribution in [1.29, 1.82) is 0 Å². The Hall–Kier alpha value is -3.16. The molecular weight excluding hydrogens is 407 g/mol. The summed E-state index contributed by atoms with van der Waals surface area (Å²) in [7, 11) is 0. The molecule has 3 aromatic rings. The van der Waals surface area contributed by atoms with Crippen molar-refractivity contribution in [3.8, 4) is 5.75 Å². The fourth-order valence-electron chi connectivity index (χ4n) is 4.35. The number of carbonyl (C=O) groups is 1. The van der Waals surface area contributed by atoms with Gasteiger partial charge in [-0.3, -0.25) is 4.79 Å². The van der Waals surface area contributed by atoms with E-state index < -0.39 is 11.7 Å². The molecule has 1 aromatic heterocycles. The number of fused-ring (bicyclic) bond motifs is 1. The first-order valence-electron chi connectivity index (χ1n) is 10.3. The van der Waals surface area contributed by atoms with Gasteiger partial charge in [0.1, 0.15) is 5.75 Å². The fourth-order valence-corrected chi connectivity index (χ4v) is 4.35. The number of carbonyl (C=O) groups excluding carboxylic acids is 1. The number of ether oxygens (including phenoxy) is 1. The fraction of sp³-hybridized carbons (Fsp3) is 0.348. The lowest BCUT2D eigenvalue weighted by atomic mass is 9.77. The molecule has 2 aliphatic rings. The number of anilines is 1. The summed E-state index contributed by atoms with van der Waals surface area (Å²) in [6.45, 7) is 1.23. The summed E-state index contributed by atoms with van der Waals surface area (Å²) in [5.74, 6) is 0.594. The van der Waals surface area contributed by atoms with Crippen LogP contribution in [0.2, 0.25) is 0 Å². The van der Waals surface area contributed by atoms with Crippen molar-refractivity contribution in [2.24, 2.45) is 11.7 Å². The number of rotatable bonds is 5. The maximum atomic E-state index is 12.7. The van der Waals surface area contributed by atoms with E-state index in [0.29, 0.717) is 13.1 Å². The Morgan fingerprint density at radius 2 is 1.81 bits per heavy atom. The summed E-state index contributed by atoms with van der Waals surface area (Å²) < 4.78 is 44.3. The summed E-state index contributed by atoms with van der Waals surface area (Å²) >= 11 is 0. The van der Waals surface area contributed by atoms with Gasteiger partial charge in [-0.25, -0.2) is 0 Å². The number of nitrogens with one attached hydrogen (secondary N) is 1.